The van der Waals surface area contributed by atoms with Crippen LogP contribution in [0.3, 0.4) is 0 Å². The van der Waals surface area contributed by atoms with E-state index in [-0.39, 0.29) is 11.5 Å². The fourth-order valence-electron chi connectivity index (χ4n) is 7.40. The number of amides is 1. The molecule has 2 saturated carbocycles. The maximum Gasteiger partial charge on any atom is 0.410 e. The van der Waals surface area contributed by atoms with Crippen molar-refractivity contribution in [3.63, 3.8) is 0 Å². The SMILES string of the molecule is CC.CC.Cc1cc(N2CCC(N3CCOCC3)CC23CCC3)nn1C1CC2(C1)CN(C(=O)OC(C)(C)C)C2. The number of piperidine rings is 1. The zero-order valence-electron chi connectivity index (χ0n) is 26.1. The van der Waals surface area contributed by atoms with E-state index in [0.717, 1.165) is 58.8 Å². The van der Waals surface area contributed by atoms with Gasteiger partial charge in [0.15, 0.2) is 5.82 Å². The Morgan fingerprint density at radius 1 is 1.00 bits per heavy atom. The van der Waals surface area contributed by atoms with Crippen molar-refractivity contribution >= 4 is 11.9 Å². The molecule has 6 rings (SSSR count). The fourth-order valence-corrected chi connectivity index (χ4v) is 7.40. The van der Waals surface area contributed by atoms with Crippen LogP contribution >= 0.6 is 0 Å². The van der Waals surface area contributed by atoms with E-state index < -0.39 is 5.60 Å². The summed E-state index contributed by atoms with van der Waals surface area (Å²) in [6.07, 6.45) is 8.48. The average molecular weight is 546 g/mol. The van der Waals surface area contributed by atoms with Crippen LogP contribution in [0.25, 0.3) is 0 Å². The molecule has 1 atom stereocenters. The highest BCUT2D eigenvalue weighted by atomic mass is 16.6. The van der Waals surface area contributed by atoms with Crippen LogP contribution in [0, 0.1) is 12.3 Å². The van der Waals surface area contributed by atoms with Crippen molar-refractivity contribution in [2.75, 3.05) is 50.8 Å². The third-order valence-electron chi connectivity index (χ3n) is 9.29. The van der Waals surface area contributed by atoms with Crippen LogP contribution in [-0.4, -0.2) is 88.8 Å². The quantitative estimate of drug-likeness (QED) is 0.462. The maximum atomic E-state index is 12.3. The van der Waals surface area contributed by atoms with Gasteiger partial charge in [-0.3, -0.25) is 9.58 Å². The van der Waals surface area contributed by atoms with Crippen molar-refractivity contribution < 1.29 is 14.3 Å². The monoisotopic (exact) mass is 545 g/mol. The highest BCUT2D eigenvalue weighted by Crippen LogP contribution is 2.55. The third-order valence-corrected chi connectivity index (χ3v) is 9.29. The van der Waals surface area contributed by atoms with Crippen LogP contribution in [0.1, 0.15) is 105 Å². The highest BCUT2D eigenvalue weighted by molar-refractivity contribution is 5.69. The summed E-state index contributed by atoms with van der Waals surface area (Å²) in [5.41, 5.74) is 1.41. The highest BCUT2D eigenvalue weighted by Gasteiger charge is 2.56. The smallest absolute Gasteiger partial charge is 0.410 e. The van der Waals surface area contributed by atoms with Crippen molar-refractivity contribution in [2.24, 2.45) is 5.41 Å². The first kappa shape index (κ1) is 30.2. The molecule has 4 heterocycles. The van der Waals surface area contributed by atoms with Crippen LogP contribution in [0.4, 0.5) is 10.6 Å². The molecule has 0 N–H and O–H groups in total. The first-order chi connectivity index (χ1) is 18.7. The van der Waals surface area contributed by atoms with E-state index in [1.165, 1.54) is 43.6 Å². The molecular formula is C31H55N5O3. The van der Waals surface area contributed by atoms with E-state index in [4.69, 9.17) is 14.6 Å². The first-order valence-electron chi connectivity index (χ1n) is 15.8. The van der Waals surface area contributed by atoms with E-state index >= 15 is 0 Å². The second kappa shape index (κ2) is 12.0. The number of aryl methyl sites for hydroxylation is 1. The lowest BCUT2D eigenvalue weighted by Gasteiger charge is -2.58. The molecule has 5 aliphatic rings. The molecule has 1 aromatic rings. The number of hydrogen-bond acceptors (Lipinski definition) is 6. The third kappa shape index (κ3) is 6.12. The Balaban J connectivity index is 0.000000845. The van der Waals surface area contributed by atoms with Gasteiger partial charge in [0, 0.05) is 61.5 Å². The number of nitrogens with zero attached hydrogens (tertiary/aromatic N) is 5. The van der Waals surface area contributed by atoms with Crippen LogP contribution in [-0.2, 0) is 9.47 Å². The van der Waals surface area contributed by atoms with Crippen molar-refractivity contribution in [1.29, 1.82) is 0 Å². The number of hydrogen-bond donors (Lipinski definition) is 0. The summed E-state index contributed by atoms with van der Waals surface area (Å²) >= 11 is 0. The lowest BCUT2D eigenvalue weighted by atomic mass is 9.61. The zero-order valence-corrected chi connectivity index (χ0v) is 26.1. The molecule has 0 radical (unpaired) electrons. The van der Waals surface area contributed by atoms with Crippen molar-refractivity contribution in [3.05, 3.63) is 11.8 Å². The largest absolute Gasteiger partial charge is 0.444 e. The lowest BCUT2D eigenvalue weighted by molar-refractivity contribution is -0.0931. The number of carbonyl (C=O) groups excluding carboxylic acids is 1. The minimum Gasteiger partial charge on any atom is -0.444 e. The van der Waals surface area contributed by atoms with E-state index in [1.807, 2.05) is 53.4 Å². The van der Waals surface area contributed by atoms with Gasteiger partial charge in [-0.05, 0) is 72.6 Å². The molecule has 5 fully saturated rings. The summed E-state index contributed by atoms with van der Waals surface area (Å²) in [6.45, 7) is 22.7. The number of morpholine rings is 1. The van der Waals surface area contributed by atoms with Crippen LogP contribution in [0.5, 0.6) is 0 Å². The Kier molecular flexibility index (Phi) is 9.26. The maximum absolute atomic E-state index is 12.3. The van der Waals surface area contributed by atoms with Gasteiger partial charge in [0.2, 0.25) is 0 Å². The van der Waals surface area contributed by atoms with Gasteiger partial charge in [-0.2, -0.15) is 5.10 Å². The van der Waals surface area contributed by atoms with Crippen molar-refractivity contribution in [2.45, 2.75) is 124 Å². The molecule has 39 heavy (non-hydrogen) atoms. The Labute approximate surface area is 237 Å². The zero-order chi connectivity index (χ0) is 28.4. The van der Waals surface area contributed by atoms with Gasteiger partial charge in [0.25, 0.3) is 0 Å². The van der Waals surface area contributed by atoms with Gasteiger partial charge in [-0.25, -0.2) is 4.79 Å². The Morgan fingerprint density at radius 2 is 1.64 bits per heavy atom. The fraction of sp³-hybridized carbons (Fsp3) is 0.871. The predicted molar refractivity (Wildman–Crippen MR) is 158 cm³/mol. The van der Waals surface area contributed by atoms with Gasteiger partial charge in [0.05, 0.1) is 19.3 Å². The molecule has 3 saturated heterocycles. The van der Waals surface area contributed by atoms with Gasteiger partial charge in [0.1, 0.15) is 5.60 Å². The predicted octanol–water partition coefficient (Wildman–Crippen LogP) is 6.04. The Morgan fingerprint density at radius 3 is 2.21 bits per heavy atom. The molecule has 2 spiro atoms. The molecule has 222 valence electrons. The van der Waals surface area contributed by atoms with Gasteiger partial charge in [-0.1, -0.05) is 27.7 Å². The van der Waals surface area contributed by atoms with Crippen LogP contribution in [0.15, 0.2) is 6.07 Å². The first-order valence-corrected chi connectivity index (χ1v) is 15.8. The minimum atomic E-state index is -0.432. The van der Waals surface area contributed by atoms with Crippen LogP contribution in [0.2, 0.25) is 0 Å². The number of carbonyl (C=O) groups is 1. The van der Waals surface area contributed by atoms with Crippen LogP contribution < -0.4 is 4.90 Å². The Hall–Kier alpha value is -1.80. The molecule has 8 nitrogen and oxygen atoms in total. The summed E-state index contributed by atoms with van der Waals surface area (Å²) in [6, 6.07) is 3.47. The number of likely N-dealkylation sites (tertiary alicyclic amines) is 1. The summed E-state index contributed by atoms with van der Waals surface area (Å²) in [7, 11) is 0. The summed E-state index contributed by atoms with van der Waals surface area (Å²) in [5, 5.41) is 5.20. The topological polar surface area (TPSA) is 63.1 Å². The van der Waals surface area contributed by atoms with Crippen molar-refractivity contribution in [1.82, 2.24) is 19.6 Å². The van der Waals surface area contributed by atoms with E-state index in [0.29, 0.717) is 17.6 Å². The molecule has 0 aromatic carbocycles. The molecular weight excluding hydrogens is 490 g/mol. The van der Waals surface area contributed by atoms with E-state index in [1.54, 1.807) is 0 Å². The molecule has 0 bridgehead atoms. The van der Waals surface area contributed by atoms with Gasteiger partial charge >= 0.3 is 6.09 Å². The lowest BCUT2D eigenvalue weighted by Crippen LogP contribution is -2.64. The molecule has 1 unspecified atom stereocenters. The molecule has 3 aliphatic heterocycles. The van der Waals surface area contributed by atoms with E-state index in [9.17, 15) is 4.79 Å². The molecule has 8 heteroatoms. The number of ether oxygens (including phenoxy) is 2. The second-order valence-corrected chi connectivity index (χ2v) is 13.0. The molecule has 1 amide bonds. The standard InChI is InChI=1S/C27H43N5O3.2C2H6/c1-20-14-23(31-9-6-21(17-27(31)7-5-8-27)29-10-12-34-13-11-29)28-32(20)22-15-26(16-22)18-30(19-26)24(33)35-25(2,3)4;2*1-2/h14,21-22H,5-13,15-19H2,1-4H3;2*1-2H3. The molecule has 1 aromatic heterocycles. The number of anilines is 1. The molecule has 2 aliphatic carbocycles. The average Bonchev–Trinajstić information content (AvgIpc) is 3.23. The van der Waals surface area contributed by atoms with Gasteiger partial charge in [-0.15, -0.1) is 0 Å². The van der Waals surface area contributed by atoms with Crippen molar-refractivity contribution in [3.8, 4) is 0 Å². The second-order valence-electron chi connectivity index (χ2n) is 13.0. The summed E-state index contributed by atoms with van der Waals surface area (Å²) < 4.78 is 13.4. The minimum absolute atomic E-state index is 0.171. The summed E-state index contributed by atoms with van der Waals surface area (Å²) in [4.78, 5) is 19.6. The number of aromatic nitrogens is 2. The van der Waals surface area contributed by atoms with E-state index in [2.05, 4.69) is 27.5 Å². The normalized spacial score (nSPS) is 25.9. The summed E-state index contributed by atoms with van der Waals surface area (Å²) in [5.74, 6) is 1.19. The van der Waals surface area contributed by atoms with Gasteiger partial charge < -0.3 is 19.3 Å². The Bertz CT molecular complexity index is 946. The number of rotatable bonds is 3.